The van der Waals surface area contributed by atoms with Crippen LogP contribution in [0.25, 0.3) is 4.85 Å². The van der Waals surface area contributed by atoms with Gasteiger partial charge in [-0.1, -0.05) is 23.8 Å². The van der Waals surface area contributed by atoms with E-state index in [1.54, 1.807) is 6.07 Å². The summed E-state index contributed by atoms with van der Waals surface area (Å²) in [4.78, 5) is 18.8. The van der Waals surface area contributed by atoms with Crippen LogP contribution in [-0.4, -0.2) is 46.6 Å². The van der Waals surface area contributed by atoms with Crippen molar-refractivity contribution in [3.63, 3.8) is 0 Å². The summed E-state index contributed by atoms with van der Waals surface area (Å²) >= 11 is 0. The predicted molar refractivity (Wildman–Crippen MR) is 101 cm³/mol. The van der Waals surface area contributed by atoms with Crippen molar-refractivity contribution >= 4 is 11.5 Å². The second-order valence-corrected chi connectivity index (χ2v) is 8.67. The average molecular weight is 364 g/mol. The van der Waals surface area contributed by atoms with Crippen LogP contribution >= 0.6 is 0 Å². The number of piperidine rings is 1. The molecule has 2 fully saturated rings. The number of allylic oxidation sites excluding steroid dienone is 1. The maximum Gasteiger partial charge on any atom is 0.228 e. The van der Waals surface area contributed by atoms with E-state index < -0.39 is 17.1 Å². The predicted octanol–water partition coefficient (Wildman–Crippen LogP) is 2.93. The molecular formula is C22H24N2O3. The van der Waals surface area contributed by atoms with Crippen molar-refractivity contribution in [2.45, 2.75) is 62.7 Å². The lowest BCUT2D eigenvalue weighted by Gasteiger charge is -2.62. The largest absolute Gasteiger partial charge is 0.492 e. The molecule has 2 unspecified atom stereocenters. The van der Waals surface area contributed by atoms with E-state index in [0.717, 1.165) is 30.6 Å². The number of ketones is 1. The molecule has 1 N–H and O–H groups in total. The second kappa shape index (κ2) is 5.43. The number of carbonyl (C=O) groups excluding carboxylic acids is 1. The highest BCUT2D eigenvalue weighted by Gasteiger charge is 2.72. The molecule has 2 heterocycles. The molecule has 5 heteroatoms. The third-order valence-corrected chi connectivity index (χ3v) is 7.22. The summed E-state index contributed by atoms with van der Waals surface area (Å²) in [5, 5.41) is 12.1. The Labute approximate surface area is 159 Å². The van der Waals surface area contributed by atoms with E-state index in [9.17, 15) is 9.90 Å². The van der Waals surface area contributed by atoms with Gasteiger partial charge in [0.1, 0.15) is 5.75 Å². The summed E-state index contributed by atoms with van der Waals surface area (Å²) in [6, 6.07) is 3.79. The highest BCUT2D eigenvalue weighted by molar-refractivity contribution is 5.90. The first-order valence-corrected chi connectivity index (χ1v) is 9.75. The molecule has 1 aromatic carbocycles. The van der Waals surface area contributed by atoms with Crippen LogP contribution < -0.4 is 4.74 Å². The maximum atomic E-state index is 12.8. The lowest BCUT2D eigenvalue weighted by atomic mass is 9.49. The van der Waals surface area contributed by atoms with Gasteiger partial charge in [0, 0.05) is 25.6 Å². The molecule has 5 rings (SSSR count). The molecule has 2 aliphatic carbocycles. The Balaban J connectivity index is 1.72. The number of hydrogen-bond acceptors (Lipinski definition) is 4. The van der Waals surface area contributed by atoms with Gasteiger partial charge in [-0.25, -0.2) is 4.85 Å². The topological polar surface area (TPSA) is 54.1 Å². The van der Waals surface area contributed by atoms with E-state index in [0.29, 0.717) is 30.7 Å². The van der Waals surface area contributed by atoms with Crippen molar-refractivity contribution in [3.05, 3.63) is 46.3 Å². The number of aliphatic hydroxyl groups is 1. The minimum atomic E-state index is -0.988. The number of Topliss-reactive ketones (excluding diaryl/α,β-unsaturated/α-hetero) is 1. The molecule has 27 heavy (non-hydrogen) atoms. The fraction of sp³-hybridized carbons (Fsp3) is 0.545. The Hall–Kier alpha value is -2.16. The Morgan fingerprint density at radius 1 is 1.44 bits per heavy atom. The Morgan fingerprint density at radius 2 is 2.26 bits per heavy atom. The number of ether oxygens (including phenoxy) is 1. The van der Waals surface area contributed by atoms with Crippen molar-refractivity contribution in [2.75, 3.05) is 13.1 Å². The molecule has 4 atom stereocenters. The minimum Gasteiger partial charge on any atom is -0.492 e. The number of rotatable bonds is 2. The number of nitrogens with zero attached hydrogens (tertiary/aromatic N) is 2. The first-order chi connectivity index (χ1) is 12.9. The smallest absolute Gasteiger partial charge is 0.228 e. The van der Waals surface area contributed by atoms with E-state index in [1.165, 1.54) is 5.57 Å². The van der Waals surface area contributed by atoms with Crippen LogP contribution in [0.1, 0.15) is 44.2 Å². The lowest BCUT2D eigenvalue weighted by Crippen LogP contribution is -2.76. The van der Waals surface area contributed by atoms with Crippen LogP contribution in [-0.2, 0) is 16.6 Å². The van der Waals surface area contributed by atoms with Crippen LogP contribution in [0.15, 0.2) is 23.8 Å². The molecule has 0 radical (unpaired) electrons. The van der Waals surface area contributed by atoms with Gasteiger partial charge in [-0.3, -0.25) is 9.69 Å². The van der Waals surface area contributed by atoms with Crippen molar-refractivity contribution in [1.29, 1.82) is 0 Å². The molecule has 5 nitrogen and oxygen atoms in total. The summed E-state index contributed by atoms with van der Waals surface area (Å²) in [7, 11) is 0. The van der Waals surface area contributed by atoms with Crippen LogP contribution in [0.2, 0.25) is 0 Å². The van der Waals surface area contributed by atoms with Crippen molar-refractivity contribution in [2.24, 2.45) is 0 Å². The first-order valence-electron chi connectivity index (χ1n) is 9.75. The molecule has 140 valence electrons. The molecule has 1 saturated carbocycles. The second-order valence-electron chi connectivity index (χ2n) is 8.67. The molecule has 4 aliphatic rings. The number of hydrogen-bond donors (Lipinski definition) is 1. The van der Waals surface area contributed by atoms with Gasteiger partial charge in [0.05, 0.1) is 17.6 Å². The van der Waals surface area contributed by atoms with E-state index in [1.807, 2.05) is 6.07 Å². The quantitative estimate of drug-likeness (QED) is 0.648. The van der Waals surface area contributed by atoms with Gasteiger partial charge < -0.3 is 9.84 Å². The Kier molecular flexibility index (Phi) is 3.42. The summed E-state index contributed by atoms with van der Waals surface area (Å²) in [5.41, 5.74) is 2.12. The van der Waals surface area contributed by atoms with Gasteiger partial charge in [-0.15, -0.1) is 0 Å². The van der Waals surface area contributed by atoms with Crippen LogP contribution in [0, 0.1) is 6.57 Å². The average Bonchev–Trinajstić information content (AvgIpc) is 2.99. The van der Waals surface area contributed by atoms with E-state index in [2.05, 4.69) is 29.7 Å². The van der Waals surface area contributed by atoms with Gasteiger partial charge in [-0.05, 0) is 44.2 Å². The summed E-state index contributed by atoms with van der Waals surface area (Å²) in [5.74, 6) is 0.619. The summed E-state index contributed by atoms with van der Waals surface area (Å²) in [6.07, 6.45) is 3.80. The first kappa shape index (κ1) is 17.0. The fourth-order valence-corrected chi connectivity index (χ4v) is 6.02. The number of carbonyl (C=O) groups is 1. The maximum absolute atomic E-state index is 12.8. The third kappa shape index (κ3) is 1.93. The molecular weight excluding hydrogens is 340 g/mol. The fourth-order valence-electron chi connectivity index (χ4n) is 6.02. The van der Waals surface area contributed by atoms with Crippen LogP contribution in [0.3, 0.4) is 0 Å². The van der Waals surface area contributed by atoms with Crippen LogP contribution in [0.4, 0.5) is 5.69 Å². The minimum absolute atomic E-state index is 0.0294. The summed E-state index contributed by atoms with van der Waals surface area (Å²) in [6.45, 7) is 13.3. The van der Waals surface area contributed by atoms with Crippen molar-refractivity contribution in [3.8, 4) is 5.75 Å². The van der Waals surface area contributed by atoms with Gasteiger partial charge in [-0.2, -0.15) is 0 Å². The van der Waals surface area contributed by atoms with Gasteiger partial charge in [0.25, 0.3) is 0 Å². The molecule has 0 aromatic heterocycles. The monoisotopic (exact) mass is 364 g/mol. The molecule has 2 aliphatic heterocycles. The van der Waals surface area contributed by atoms with Gasteiger partial charge in [0.15, 0.2) is 11.9 Å². The third-order valence-electron chi connectivity index (χ3n) is 7.22. The highest BCUT2D eigenvalue weighted by Crippen LogP contribution is 2.64. The Bertz CT molecular complexity index is 926. The standard InChI is InChI=1S/C22H24N2O3/c1-13(2)7-10-24-11-9-21-18-14-4-5-15(23-3)19(18)27-20(21)16(25)6-8-22(21,26)17(24)12-14/h4-5,7,17,20,26H,6,8-12H2,1-2H3/t17-,20?,21+,22?/m1/s1. The van der Waals surface area contributed by atoms with E-state index >= 15 is 0 Å². The molecule has 0 amide bonds. The van der Waals surface area contributed by atoms with Crippen molar-refractivity contribution in [1.82, 2.24) is 4.90 Å². The number of benzene rings is 1. The normalized spacial score (nSPS) is 35.9. The van der Waals surface area contributed by atoms with Crippen molar-refractivity contribution < 1.29 is 14.6 Å². The van der Waals surface area contributed by atoms with E-state index in [-0.39, 0.29) is 11.8 Å². The number of likely N-dealkylation sites (tertiary alicyclic amines) is 1. The zero-order valence-electron chi connectivity index (χ0n) is 15.8. The molecule has 1 spiro atoms. The zero-order chi connectivity index (χ0) is 19.0. The zero-order valence-corrected chi connectivity index (χ0v) is 15.8. The SMILES string of the molecule is [C-]#[N+]c1ccc2c3c1OC1C(=O)CCC4(O)[C@@H](C2)N(CC=C(C)C)CC[C@]314. The van der Waals surface area contributed by atoms with Crippen LogP contribution in [0.5, 0.6) is 5.75 Å². The molecule has 2 bridgehead atoms. The summed E-state index contributed by atoms with van der Waals surface area (Å²) < 4.78 is 6.16. The molecule has 1 saturated heterocycles. The highest BCUT2D eigenvalue weighted by atomic mass is 16.5. The molecule has 1 aromatic rings. The van der Waals surface area contributed by atoms with Gasteiger partial charge in [0.2, 0.25) is 5.69 Å². The Morgan fingerprint density at radius 3 is 3.00 bits per heavy atom. The lowest BCUT2D eigenvalue weighted by molar-refractivity contribution is -0.187. The van der Waals surface area contributed by atoms with Gasteiger partial charge >= 0.3 is 0 Å². The van der Waals surface area contributed by atoms with E-state index in [4.69, 9.17) is 11.3 Å².